The van der Waals surface area contributed by atoms with Crippen LogP contribution >= 0.6 is 11.8 Å². The predicted molar refractivity (Wildman–Crippen MR) is 129 cm³/mol. The van der Waals surface area contributed by atoms with Gasteiger partial charge in [0, 0.05) is 18.5 Å². The highest BCUT2D eigenvalue weighted by Gasteiger charge is 2.41. The van der Waals surface area contributed by atoms with Gasteiger partial charge < -0.3 is 19.7 Å². The van der Waals surface area contributed by atoms with Crippen molar-refractivity contribution in [2.45, 2.75) is 19.4 Å². The maximum absolute atomic E-state index is 13.2. The molecule has 0 radical (unpaired) electrons. The number of esters is 1. The van der Waals surface area contributed by atoms with Crippen molar-refractivity contribution >= 4 is 34.5 Å². The van der Waals surface area contributed by atoms with Gasteiger partial charge in [-0.25, -0.2) is 14.2 Å². The van der Waals surface area contributed by atoms with E-state index in [1.54, 1.807) is 6.92 Å². The van der Waals surface area contributed by atoms with Crippen LogP contribution in [0.3, 0.4) is 0 Å². The quantitative estimate of drug-likeness (QED) is 0.438. The van der Waals surface area contributed by atoms with Crippen molar-refractivity contribution in [2.24, 2.45) is 4.99 Å². The third kappa shape index (κ3) is 5.21. The Labute approximate surface area is 201 Å². The third-order valence-electron chi connectivity index (χ3n) is 5.33. The standard InChI is InChI=1S/C25H24FN3O4S/c1-16-22(24(31)33-13-12-32-2)23(17-6-4-3-5-7-17)29-20(15-34-25(29)27-16)14-21(30)28-19-10-8-18(26)9-11-19/h3-11,15,23H,12-14H2,1-2H3,(H,28,30). The first kappa shape index (κ1) is 23.7. The van der Waals surface area contributed by atoms with Gasteiger partial charge in [-0.2, -0.15) is 0 Å². The molecule has 1 N–H and O–H groups in total. The van der Waals surface area contributed by atoms with Crippen LogP contribution in [0.4, 0.5) is 10.1 Å². The number of nitrogens with zero attached hydrogens (tertiary/aromatic N) is 2. The second-order valence-corrected chi connectivity index (χ2v) is 8.50. The molecule has 2 aliphatic rings. The number of halogens is 1. The van der Waals surface area contributed by atoms with E-state index in [1.165, 1.54) is 43.1 Å². The fraction of sp³-hybridized carbons (Fsp3) is 0.240. The lowest BCUT2D eigenvalue weighted by molar-refractivity contribution is -0.141. The van der Waals surface area contributed by atoms with E-state index < -0.39 is 12.0 Å². The average molecular weight is 482 g/mol. The minimum Gasteiger partial charge on any atom is -0.460 e. The smallest absolute Gasteiger partial charge is 0.338 e. The summed E-state index contributed by atoms with van der Waals surface area (Å²) in [4.78, 5) is 32.4. The number of nitrogens with one attached hydrogen (secondary N) is 1. The lowest BCUT2D eigenvalue weighted by Gasteiger charge is -2.36. The number of benzene rings is 2. The summed E-state index contributed by atoms with van der Waals surface area (Å²) in [6.45, 7) is 2.20. The molecule has 0 fully saturated rings. The number of hydrogen-bond donors (Lipinski definition) is 1. The molecule has 0 bridgehead atoms. The fourth-order valence-corrected chi connectivity index (χ4v) is 4.74. The molecule has 0 spiro atoms. The number of fused-ring (bicyclic) bond motifs is 1. The molecule has 0 saturated heterocycles. The maximum atomic E-state index is 13.2. The third-order valence-corrected chi connectivity index (χ3v) is 6.21. The van der Waals surface area contributed by atoms with Crippen LogP contribution in [0.15, 0.2) is 82.0 Å². The van der Waals surface area contributed by atoms with Crippen LogP contribution < -0.4 is 5.32 Å². The number of methoxy groups -OCH3 is 1. The lowest BCUT2D eigenvalue weighted by atomic mass is 9.94. The molecule has 2 aromatic carbocycles. The van der Waals surface area contributed by atoms with Crippen molar-refractivity contribution in [1.29, 1.82) is 0 Å². The molecule has 1 atom stereocenters. The van der Waals surface area contributed by atoms with Gasteiger partial charge in [0.05, 0.1) is 30.3 Å². The van der Waals surface area contributed by atoms with Crippen molar-refractivity contribution in [3.8, 4) is 0 Å². The lowest BCUT2D eigenvalue weighted by Crippen LogP contribution is -2.37. The average Bonchev–Trinajstić information content (AvgIpc) is 3.22. The second-order valence-electron chi connectivity index (χ2n) is 7.66. The van der Waals surface area contributed by atoms with Crippen LogP contribution in [0, 0.1) is 5.82 Å². The van der Waals surface area contributed by atoms with E-state index in [0.29, 0.717) is 27.8 Å². The summed E-state index contributed by atoms with van der Waals surface area (Å²) < 4.78 is 23.6. The highest BCUT2D eigenvalue weighted by atomic mass is 32.2. The summed E-state index contributed by atoms with van der Waals surface area (Å²) in [6.07, 6.45) is 0.0534. The summed E-state index contributed by atoms with van der Waals surface area (Å²) in [5.74, 6) is -1.11. The van der Waals surface area contributed by atoms with Gasteiger partial charge in [0.25, 0.3) is 0 Å². The van der Waals surface area contributed by atoms with Crippen molar-refractivity contribution in [2.75, 3.05) is 25.6 Å². The summed E-state index contributed by atoms with van der Waals surface area (Å²) in [6, 6.07) is 14.7. The van der Waals surface area contributed by atoms with Crippen molar-refractivity contribution in [3.05, 3.63) is 88.4 Å². The summed E-state index contributed by atoms with van der Waals surface area (Å²) >= 11 is 1.40. The topological polar surface area (TPSA) is 80.2 Å². The molecule has 2 aromatic rings. The van der Waals surface area contributed by atoms with E-state index in [2.05, 4.69) is 10.3 Å². The molecule has 34 heavy (non-hydrogen) atoms. The summed E-state index contributed by atoms with van der Waals surface area (Å²) in [5, 5.41) is 5.33. The molecule has 0 aromatic heterocycles. The second kappa shape index (κ2) is 10.7. The SMILES string of the molecule is COCCOC(=O)C1=C(C)N=C2SC=C(CC(=O)Nc3ccc(F)cc3)N2C1c1ccccc1. The Hall–Kier alpha value is -3.43. The number of amides is 1. The molecular formula is C25H24FN3O4S. The number of allylic oxidation sites excluding steroid dienone is 1. The Morgan fingerprint density at radius 2 is 1.85 bits per heavy atom. The van der Waals surface area contributed by atoms with Crippen LogP contribution in [0.5, 0.6) is 0 Å². The van der Waals surface area contributed by atoms with Crippen molar-refractivity contribution in [3.63, 3.8) is 0 Å². The zero-order chi connectivity index (χ0) is 24.1. The molecule has 4 rings (SSSR count). The molecule has 0 aliphatic carbocycles. The van der Waals surface area contributed by atoms with E-state index in [1.807, 2.05) is 40.6 Å². The number of thioether (sulfide) groups is 1. The van der Waals surface area contributed by atoms with Gasteiger partial charge in [-0.3, -0.25) is 4.79 Å². The number of aliphatic imine (C=N–C) groups is 1. The van der Waals surface area contributed by atoms with E-state index in [-0.39, 0.29) is 31.4 Å². The van der Waals surface area contributed by atoms with Crippen LogP contribution in [-0.2, 0) is 19.1 Å². The van der Waals surface area contributed by atoms with Crippen molar-refractivity contribution in [1.82, 2.24) is 4.90 Å². The largest absolute Gasteiger partial charge is 0.460 e. The molecule has 176 valence electrons. The van der Waals surface area contributed by atoms with Gasteiger partial charge in [-0.05, 0) is 42.2 Å². The van der Waals surface area contributed by atoms with E-state index >= 15 is 0 Å². The van der Waals surface area contributed by atoms with Crippen LogP contribution in [0.2, 0.25) is 0 Å². The van der Waals surface area contributed by atoms with E-state index in [9.17, 15) is 14.0 Å². The molecule has 1 unspecified atom stereocenters. The molecule has 0 saturated carbocycles. The van der Waals surface area contributed by atoms with Gasteiger partial charge in [0.1, 0.15) is 12.4 Å². The highest BCUT2D eigenvalue weighted by Crippen LogP contribution is 2.44. The van der Waals surface area contributed by atoms with Gasteiger partial charge in [0.2, 0.25) is 5.91 Å². The molecule has 2 heterocycles. The minimum absolute atomic E-state index is 0.0534. The zero-order valence-electron chi connectivity index (χ0n) is 18.8. The first-order valence-corrected chi connectivity index (χ1v) is 11.6. The number of anilines is 1. The van der Waals surface area contributed by atoms with Crippen LogP contribution in [0.25, 0.3) is 0 Å². The van der Waals surface area contributed by atoms with Gasteiger partial charge >= 0.3 is 5.97 Å². The number of carbonyl (C=O) groups is 2. The normalized spacial score (nSPS) is 17.1. The number of carbonyl (C=O) groups excluding carboxylic acids is 2. The Balaban J connectivity index is 1.61. The predicted octanol–water partition coefficient (Wildman–Crippen LogP) is 4.62. The van der Waals surface area contributed by atoms with Gasteiger partial charge in [0.15, 0.2) is 5.17 Å². The summed E-state index contributed by atoms with van der Waals surface area (Å²) in [7, 11) is 1.54. The molecule has 9 heteroatoms. The van der Waals surface area contributed by atoms with E-state index in [4.69, 9.17) is 9.47 Å². The number of amidine groups is 1. The van der Waals surface area contributed by atoms with E-state index in [0.717, 1.165) is 5.56 Å². The number of ether oxygens (including phenoxy) is 2. The van der Waals surface area contributed by atoms with Gasteiger partial charge in [-0.1, -0.05) is 42.1 Å². The number of rotatable bonds is 8. The van der Waals surface area contributed by atoms with Gasteiger partial charge in [-0.15, -0.1) is 0 Å². The fourth-order valence-electron chi connectivity index (χ4n) is 3.78. The number of hydrogen-bond acceptors (Lipinski definition) is 7. The molecule has 7 nitrogen and oxygen atoms in total. The first-order valence-electron chi connectivity index (χ1n) is 10.7. The van der Waals surface area contributed by atoms with Crippen LogP contribution in [0.1, 0.15) is 24.9 Å². The molecular weight excluding hydrogens is 457 g/mol. The Bertz CT molecular complexity index is 1160. The monoisotopic (exact) mass is 481 g/mol. The van der Waals surface area contributed by atoms with Crippen molar-refractivity contribution < 1.29 is 23.5 Å². The zero-order valence-corrected chi connectivity index (χ0v) is 19.6. The Morgan fingerprint density at radius 1 is 1.12 bits per heavy atom. The van der Waals surface area contributed by atoms with Crippen LogP contribution in [-0.4, -0.2) is 42.3 Å². The Kier molecular flexibility index (Phi) is 7.44. The molecule has 2 aliphatic heterocycles. The molecule has 1 amide bonds. The maximum Gasteiger partial charge on any atom is 0.338 e. The Morgan fingerprint density at radius 3 is 2.56 bits per heavy atom. The first-order chi connectivity index (χ1) is 16.5. The minimum atomic E-state index is -0.497. The summed E-state index contributed by atoms with van der Waals surface area (Å²) in [5.41, 5.74) is 3.06. The highest BCUT2D eigenvalue weighted by molar-refractivity contribution is 8.16.